The monoisotopic (exact) mass is 328 g/mol. The van der Waals surface area contributed by atoms with Gasteiger partial charge in [-0.3, -0.25) is 19.4 Å². The molecular formula is C16H16N4O4. The number of phenolic OH excluding ortho intramolecular Hbond substituents is 1. The summed E-state index contributed by atoms with van der Waals surface area (Å²) in [5.41, 5.74) is 0.763. The zero-order valence-corrected chi connectivity index (χ0v) is 12.7. The molecule has 0 aliphatic rings. The van der Waals surface area contributed by atoms with Gasteiger partial charge in [0.25, 0.3) is 5.91 Å². The molecule has 0 aliphatic heterocycles. The zero-order chi connectivity index (χ0) is 17.4. The number of hydrogen-bond donors (Lipinski definition) is 4. The van der Waals surface area contributed by atoms with Crippen LogP contribution in [-0.2, 0) is 9.59 Å². The van der Waals surface area contributed by atoms with Crippen LogP contribution in [0.25, 0.3) is 0 Å². The van der Waals surface area contributed by atoms with E-state index >= 15 is 0 Å². The van der Waals surface area contributed by atoms with Crippen LogP contribution in [0.15, 0.2) is 48.8 Å². The Kier molecular flexibility index (Phi) is 5.84. The highest BCUT2D eigenvalue weighted by atomic mass is 16.3. The molecule has 124 valence electrons. The molecule has 8 nitrogen and oxygen atoms in total. The van der Waals surface area contributed by atoms with E-state index in [1.165, 1.54) is 30.6 Å². The van der Waals surface area contributed by atoms with Gasteiger partial charge in [0.2, 0.25) is 0 Å². The van der Waals surface area contributed by atoms with Crippen molar-refractivity contribution in [3.05, 3.63) is 54.4 Å². The smallest absolute Gasteiger partial charge is 0.313 e. The van der Waals surface area contributed by atoms with Crippen molar-refractivity contribution >= 4 is 23.4 Å². The van der Waals surface area contributed by atoms with Crippen LogP contribution in [0.3, 0.4) is 0 Å². The highest BCUT2D eigenvalue weighted by molar-refractivity contribution is 6.39. The topological polar surface area (TPSA) is 120 Å². The SMILES string of the molecule is O=C(NCCNC(=O)c1ccncc1)C(=O)Nc1cccc(O)c1. The van der Waals surface area contributed by atoms with Crippen LogP contribution in [0.4, 0.5) is 5.69 Å². The number of pyridine rings is 1. The fraction of sp³-hybridized carbons (Fsp3) is 0.125. The molecule has 0 bridgehead atoms. The van der Waals surface area contributed by atoms with Crippen molar-refractivity contribution in [3.8, 4) is 5.75 Å². The number of nitrogens with zero attached hydrogens (tertiary/aromatic N) is 1. The van der Waals surface area contributed by atoms with E-state index in [2.05, 4.69) is 20.9 Å². The third kappa shape index (κ3) is 5.09. The first kappa shape index (κ1) is 16.9. The second-order valence-electron chi connectivity index (χ2n) is 4.75. The Bertz CT molecular complexity index is 734. The number of nitrogens with one attached hydrogen (secondary N) is 3. The number of carbonyl (C=O) groups excluding carboxylic acids is 3. The molecule has 8 heteroatoms. The third-order valence-corrected chi connectivity index (χ3v) is 2.95. The number of phenols is 1. The normalized spacial score (nSPS) is 9.83. The van der Waals surface area contributed by atoms with E-state index in [-0.39, 0.29) is 24.7 Å². The molecular weight excluding hydrogens is 312 g/mol. The van der Waals surface area contributed by atoms with E-state index in [1.54, 1.807) is 18.2 Å². The Morgan fingerprint density at radius 1 is 0.958 bits per heavy atom. The van der Waals surface area contributed by atoms with Crippen molar-refractivity contribution in [3.63, 3.8) is 0 Å². The Morgan fingerprint density at radius 3 is 2.38 bits per heavy atom. The highest BCUT2D eigenvalue weighted by Crippen LogP contribution is 2.14. The van der Waals surface area contributed by atoms with Gasteiger partial charge in [0.1, 0.15) is 5.75 Å². The van der Waals surface area contributed by atoms with Gasteiger partial charge in [0, 0.05) is 42.8 Å². The van der Waals surface area contributed by atoms with Crippen molar-refractivity contribution in [2.45, 2.75) is 0 Å². The van der Waals surface area contributed by atoms with Crippen molar-refractivity contribution in [2.75, 3.05) is 18.4 Å². The zero-order valence-electron chi connectivity index (χ0n) is 12.7. The van der Waals surface area contributed by atoms with Gasteiger partial charge in [-0.1, -0.05) is 6.07 Å². The maximum atomic E-state index is 11.7. The molecule has 0 radical (unpaired) electrons. The molecule has 0 saturated carbocycles. The Labute approximate surface area is 137 Å². The molecule has 1 aromatic carbocycles. The quantitative estimate of drug-likeness (QED) is 0.464. The van der Waals surface area contributed by atoms with Crippen LogP contribution in [0, 0.1) is 0 Å². The molecule has 4 N–H and O–H groups in total. The molecule has 1 heterocycles. The summed E-state index contributed by atoms with van der Waals surface area (Å²) in [5.74, 6) is -2.01. The van der Waals surface area contributed by atoms with E-state index in [9.17, 15) is 19.5 Å². The van der Waals surface area contributed by atoms with Gasteiger partial charge in [0.15, 0.2) is 0 Å². The van der Waals surface area contributed by atoms with Crippen molar-refractivity contribution in [1.29, 1.82) is 0 Å². The molecule has 0 atom stereocenters. The predicted octanol–water partition coefficient (Wildman–Crippen LogP) is 0.272. The molecule has 0 aliphatic carbocycles. The molecule has 24 heavy (non-hydrogen) atoms. The maximum Gasteiger partial charge on any atom is 0.313 e. The van der Waals surface area contributed by atoms with Crippen molar-refractivity contribution in [2.24, 2.45) is 0 Å². The van der Waals surface area contributed by atoms with E-state index in [0.29, 0.717) is 11.3 Å². The molecule has 0 unspecified atom stereocenters. The van der Waals surface area contributed by atoms with Crippen LogP contribution in [0.1, 0.15) is 10.4 Å². The molecule has 0 spiro atoms. The van der Waals surface area contributed by atoms with E-state index in [1.807, 2.05) is 0 Å². The van der Waals surface area contributed by atoms with Gasteiger partial charge in [-0.25, -0.2) is 0 Å². The molecule has 1 aromatic heterocycles. The van der Waals surface area contributed by atoms with Crippen molar-refractivity contribution in [1.82, 2.24) is 15.6 Å². The third-order valence-electron chi connectivity index (χ3n) is 2.95. The minimum atomic E-state index is -0.860. The van der Waals surface area contributed by atoms with Gasteiger partial charge >= 0.3 is 11.8 Å². The summed E-state index contributed by atoms with van der Waals surface area (Å²) in [6, 6.07) is 8.98. The van der Waals surface area contributed by atoms with Gasteiger partial charge in [0.05, 0.1) is 0 Å². The van der Waals surface area contributed by atoms with Gasteiger partial charge in [-0.15, -0.1) is 0 Å². The second kappa shape index (κ2) is 8.28. The summed E-state index contributed by atoms with van der Waals surface area (Å²) in [7, 11) is 0. The lowest BCUT2D eigenvalue weighted by atomic mass is 10.2. The second-order valence-corrected chi connectivity index (χ2v) is 4.75. The van der Waals surface area contributed by atoms with Crippen LogP contribution < -0.4 is 16.0 Å². The number of aromatic nitrogens is 1. The standard InChI is InChI=1S/C16H16N4O4/c21-13-3-1-2-12(10-13)20-16(24)15(23)19-9-8-18-14(22)11-4-6-17-7-5-11/h1-7,10,21H,8-9H2,(H,18,22)(H,19,23)(H,20,24). The number of hydrogen-bond acceptors (Lipinski definition) is 5. The number of anilines is 1. The van der Waals surface area contributed by atoms with E-state index in [4.69, 9.17) is 0 Å². The fourth-order valence-electron chi connectivity index (χ4n) is 1.81. The summed E-state index contributed by atoms with van der Waals surface area (Å²) >= 11 is 0. The molecule has 2 aromatic rings. The predicted molar refractivity (Wildman–Crippen MR) is 86.3 cm³/mol. The summed E-state index contributed by atoms with van der Waals surface area (Å²) in [5, 5.41) is 16.6. The first-order valence-electron chi connectivity index (χ1n) is 7.12. The average molecular weight is 328 g/mol. The van der Waals surface area contributed by atoms with Crippen LogP contribution >= 0.6 is 0 Å². The van der Waals surface area contributed by atoms with Crippen LogP contribution in [0.5, 0.6) is 5.75 Å². The number of aromatic hydroxyl groups is 1. The number of benzene rings is 1. The van der Waals surface area contributed by atoms with Gasteiger partial charge < -0.3 is 21.1 Å². The Morgan fingerprint density at radius 2 is 1.67 bits per heavy atom. The first-order chi connectivity index (χ1) is 11.6. The van der Waals surface area contributed by atoms with Crippen LogP contribution in [0.2, 0.25) is 0 Å². The molecule has 0 fully saturated rings. The first-order valence-corrected chi connectivity index (χ1v) is 7.12. The summed E-state index contributed by atoms with van der Waals surface area (Å²) in [4.78, 5) is 38.9. The fourth-order valence-corrected chi connectivity index (χ4v) is 1.81. The lowest BCUT2D eigenvalue weighted by Crippen LogP contribution is -2.40. The van der Waals surface area contributed by atoms with Crippen LogP contribution in [-0.4, -0.2) is 40.9 Å². The summed E-state index contributed by atoms with van der Waals surface area (Å²) in [6.07, 6.45) is 3.00. The maximum absolute atomic E-state index is 11.7. The average Bonchev–Trinajstić information content (AvgIpc) is 2.59. The minimum absolute atomic E-state index is 0.0213. The lowest BCUT2D eigenvalue weighted by molar-refractivity contribution is -0.136. The lowest BCUT2D eigenvalue weighted by Gasteiger charge is -2.08. The largest absolute Gasteiger partial charge is 0.508 e. The van der Waals surface area contributed by atoms with E-state index < -0.39 is 11.8 Å². The Hall–Kier alpha value is -3.42. The molecule has 2 rings (SSSR count). The summed E-state index contributed by atoms with van der Waals surface area (Å²) in [6.45, 7) is 0.273. The van der Waals surface area contributed by atoms with Gasteiger partial charge in [-0.05, 0) is 24.3 Å². The molecule has 3 amide bonds. The molecule has 0 saturated heterocycles. The van der Waals surface area contributed by atoms with Crippen molar-refractivity contribution < 1.29 is 19.5 Å². The van der Waals surface area contributed by atoms with Gasteiger partial charge in [-0.2, -0.15) is 0 Å². The van der Waals surface area contributed by atoms with E-state index in [0.717, 1.165) is 0 Å². The number of carbonyl (C=O) groups is 3. The number of rotatable bonds is 5. The minimum Gasteiger partial charge on any atom is -0.508 e. The summed E-state index contributed by atoms with van der Waals surface area (Å²) < 4.78 is 0. The highest BCUT2D eigenvalue weighted by Gasteiger charge is 2.13. The Balaban J connectivity index is 1.71. The number of amides is 3.